The Bertz CT molecular complexity index is 820. The van der Waals surface area contributed by atoms with Crippen LogP contribution < -0.4 is 10.1 Å². The number of sulfone groups is 1. The summed E-state index contributed by atoms with van der Waals surface area (Å²) < 4.78 is 34.8. The predicted molar refractivity (Wildman–Crippen MR) is 101 cm³/mol. The van der Waals surface area contributed by atoms with E-state index in [2.05, 4.69) is 5.32 Å². The molecule has 1 N–H and O–H groups in total. The first kappa shape index (κ1) is 20.2. The Morgan fingerprint density at radius 1 is 1.04 bits per heavy atom. The van der Waals surface area contributed by atoms with Gasteiger partial charge in [0, 0.05) is 24.2 Å². The molecule has 8 heteroatoms. The smallest absolute Gasteiger partial charge is 0.225 e. The van der Waals surface area contributed by atoms with Crippen molar-refractivity contribution in [1.82, 2.24) is 0 Å². The molecule has 0 fully saturated rings. The summed E-state index contributed by atoms with van der Waals surface area (Å²) in [5, 5.41) is 3.12. The third-order valence-corrected chi connectivity index (χ3v) is 5.45. The fourth-order valence-electron chi connectivity index (χ4n) is 2.09. The molecule has 0 heterocycles. The van der Waals surface area contributed by atoms with Crippen molar-refractivity contribution in [2.45, 2.75) is 11.3 Å². The highest BCUT2D eigenvalue weighted by Gasteiger charge is 2.16. The van der Waals surface area contributed by atoms with Crippen LogP contribution in [0.3, 0.4) is 0 Å². The van der Waals surface area contributed by atoms with Crippen LogP contribution in [0.4, 0.5) is 5.69 Å². The first-order valence-corrected chi connectivity index (χ1v) is 9.94. The molecule has 0 saturated heterocycles. The van der Waals surface area contributed by atoms with Crippen LogP contribution in [-0.2, 0) is 19.4 Å². The number of carbonyl (C=O) groups excluding carboxylic acids is 1. The molecular weight excluding hydrogens is 378 g/mol. The Morgan fingerprint density at radius 3 is 2.31 bits per heavy atom. The number of hydrogen-bond donors (Lipinski definition) is 1. The topological polar surface area (TPSA) is 81.7 Å². The molecule has 2 rings (SSSR count). The summed E-state index contributed by atoms with van der Waals surface area (Å²) in [5.74, 6) is -0.000427. The zero-order valence-corrected chi connectivity index (χ0v) is 15.8. The molecular formula is C18H20ClNO5S. The molecule has 0 aliphatic heterocycles. The number of carbonyl (C=O) groups is 1. The summed E-state index contributed by atoms with van der Waals surface area (Å²) in [4.78, 5) is 12.1. The standard InChI is InChI=1S/C18H20ClNO5S/c1-24-11-12-25-16-6-4-15(5-7-16)20-18(21)10-13-26(22,23)17-8-2-14(19)3-9-17/h2-9H,10-13H2,1H3,(H,20,21). The van der Waals surface area contributed by atoms with Crippen molar-refractivity contribution in [1.29, 1.82) is 0 Å². The lowest BCUT2D eigenvalue weighted by Crippen LogP contribution is -2.17. The van der Waals surface area contributed by atoms with Crippen LogP contribution in [-0.4, -0.2) is 40.4 Å². The number of anilines is 1. The van der Waals surface area contributed by atoms with Crippen molar-refractivity contribution in [3.05, 3.63) is 53.6 Å². The lowest BCUT2D eigenvalue weighted by molar-refractivity contribution is -0.115. The van der Waals surface area contributed by atoms with Gasteiger partial charge in [-0.25, -0.2) is 8.42 Å². The molecule has 0 unspecified atom stereocenters. The minimum atomic E-state index is -3.54. The SMILES string of the molecule is COCCOc1ccc(NC(=O)CCS(=O)(=O)c2ccc(Cl)cc2)cc1. The maximum Gasteiger partial charge on any atom is 0.225 e. The summed E-state index contributed by atoms with van der Waals surface area (Å²) in [5.41, 5.74) is 0.568. The summed E-state index contributed by atoms with van der Waals surface area (Å²) in [6.07, 6.45) is -0.142. The lowest BCUT2D eigenvalue weighted by Gasteiger charge is -2.08. The Kier molecular flexibility index (Phi) is 7.44. The van der Waals surface area contributed by atoms with E-state index in [0.29, 0.717) is 29.7 Å². The highest BCUT2D eigenvalue weighted by Crippen LogP contribution is 2.18. The summed E-state index contributed by atoms with van der Waals surface area (Å²) >= 11 is 5.75. The molecule has 0 spiro atoms. The van der Waals surface area contributed by atoms with Gasteiger partial charge in [-0.1, -0.05) is 11.6 Å². The first-order chi connectivity index (χ1) is 12.4. The van der Waals surface area contributed by atoms with E-state index in [1.807, 2.05) is 0 Å². The predicted octanol–water partition coefficient (Wildman–Crippen LogP) is 3.17. The van der Waals surface area contributed by atoms with Gasteiger partial charge in [0.15, 0.2) is 9.84 Å². The molecule has 6 nitrogen and oxygen atoms in total. The second-order valence-corrected chi connectivity index (χ2v) is 7.98. The third kappa shape index (κ3) is 6.33. The minimum absolute atomic E-state index is 0.142. The molecule has 0 saturated carbocycles. The van der Waals surface area contributed by atoms with Gasteiger partial charge in [-0.2, -0.15) is 0 Å². The van der Waals surface area contributed by atoms with Gasteiger partial charge in [-0.05, 0) is 48.5 Å². The highest BCUT2D eigenvalue weighted by molar-refractivity contribution is 7.91. The quantitative estimate of drug-likeness (QED) is 0.657. The zero-order valence-electron chi connectivity index (χ0n) is 14.3. The molecule has 2 aromatic rings. The second-order valence-electron chi connectivity index (χ2n) is 5.44. The van der Waals surface area contributed by atoms with Gasteiger partial charge in [0.2, 0.25) is 5.91 Å². The highest BCUT2D eigenvalue weighted by atomic mass is 35.5. The molecule has 1 amide bonds. The summed E-state index contributed by atoms with van der Waals surface area (Å²) in [6, 6.07) is 12.7. The van der Waals surface area contributed by atoms with E-state index in [1.165, 1.54) is 24.3 Å². The number of methoxy groups -OCH3 is 1. The minimum Gasteiger partial charge on any atom is -0.491 e. The third-order valence-electron chi connectivity index (χ3n) is 3.46. The summed E-state index contributed by atoms with van der Waals surface area (Å²) in [6.45, 7) is 0.922. The van der Waals surface area contributed by atoms with E-state index in [-0.39, 0.29) is 23.0 Å². The Labute approximate surface area is 158 Å². The van der Waals surface area contributed by atoms with Crippen molar-refractivity contribution in [2.75, 3.05) is 31.4 Å². The normalized spacial score (nSPS) is 11.2. The number of benzene rings is 2. The number of halogens is 1. The van der Waals surface area contributed by atoms with Gasteiger partial charge >= 0.3 is 0 Å². The molecule has 26 heavy (non-hydrogen) atoms. The Hall–Kier alpha value is -2.09. The molecule has 2 aromatic carbocycles. The maximum atomic E-state index is 12.2. The van der Waals surface area contributed by atoms with E-state index in [0.717, 1.165) is 0 Å². The maximum absolute atomic E-state index is 12.2. The number of nitrogens with one attached hydrogen (secondary N) is 1. The van der Waals surface area contributed by atoms with Crippen LogP contribution in [0, 0.1) is 0 Å². The molecule has 0 aliphatic carbocycles. The Morgan fingerprint density at radius 2 is 1.69 bits per heavy atom. The number of rotatable bonds is 9. The fourth-order valence-corrected chi connectivity index (χ4v) is 3.45. The van der Waals surface area contributed by atoms with Crippen LogP contribution >= 0.6 is 11.6 Å². The van der Waals surface area contributed by atoms with Crippen molar-refractivity contribution in [3.63, 3.8) is 0 Å². The average Bonchev–Trinajstić information content (AvgIpc) is 2.62. The number of hydrogen-bond acceptors (Lipinski definition) is 5. The number of ether oxygens (including phenoxy) is 2. The van der Waals surface area contributed by atoms with Gasteiger partial charge in [0.05, 0.1) is 17.3 Å². The Balaban J connectivity index is 1.85. The van der Waals surface area contributed by atoms with Gasteiger partial charge in [-0.3, -0.25) is 4.79 Å². The fraction of sp³-hybridized carbons (Fsp3) is 0.278. The number of amides is 1. The van der Waals surface area contributed by atoms with Crippen LogP contribution in [0.2, 0.25) is 5.02 Å². The zero-order chi connectivity index (χ0) is 19.0. The van der Waals surface area contributed by atoms with E-state index in [4.69, 9.17) is 21.1 Å². The van der Waals surface area contributed by atoms with Gasteiger partial charge in [-0.15, -0.1) is 0 Å². The monoisotopic (exact) mass is 397 g/mol. The largest absolute Gasteiger partial charge is 0.491 e. The van der Waals surface area contributed by atoms with E-state index in [9.17, 15) is 13.2 Å². The van der Waals surface area contributed by atoms with Crippen molar-refractivity contribution >= 4 is 33.0 Å². The van der Waals surface area contributed by atoms with E-state index < -0.39 is 9.84 Å². The van der Waals surface area contributed by atoms with Crippen LogP contribution in [0.5, 0.6) is 5.75 Å². The average molecular weight is 398 g/mol. The van der Waals surface area contributed by atoms with Crippen LogP contribution in [0.25, 0.3) is 0 Å². The van der Waals surface area contributed by atoms with Crippen molar-refractivity contribution in [3.8, 4) is 5.75 Å². The van der Waals surface area contributed by atoms with Gasteiger partial charge < -0.3 is 14.8 Å². The molecule has 0 atom stereocenters. The van der Waals surface area contributed by atoms with Gasteiger partial charge in [0.1, 0.15) is 12.4 Å². The summed E-state index contributed by atoms with van der Waals surface area (Å²) in [7, 11) is -1.94. The molecule has 0 aromatic heterocycles. The van der Waals surface area contributed by atoms with Crippen LogP contribution in [0.1, 0.15) is 6.42 Å². The lowest BCUT2D eigenvalue weighted by atomic mass is 10.3. The van der Waals surface area contributed by atoms with Gasteiger partial charge in [0.25, 0.3) is 0 Å². The van der Waals surface area contributed by atoms with E-state index >= 15 is 0 Å². The van der Waals surface area contributed by atoms with E-state index in [1.54, 1.807) is 31.4 Å². The van der Waals surface area contributed by atoms with Crippen LogP contribution in [0.15, 0.2) is 53.4 Å². The molecule has 0 bridgehead atoms. The molecule has 0 aliphatic rings. The van der Waals surface area contributed by atoms with Crippen molar-refractivity contribution in [2.24, 2.45) is 0 Å². The molecule has 0 radical (unpaired) electrons. The second kappa shape index (κ2) is 9.56. The first-order valence-electron chi connectivity index (χ1n) is 7.91. The van der Waals surface area contributed by atoms with Crippen molar-refractivity contribution < 1.29 is 22.7 Å². The molecule has 140 valence electrons.